The normalized spacial score (nSPS) is 10.0. The molecule has 1 heterocycles. The molecule has 70 valence electrons. The van der Waals surface area contributed by atoms with E-state index in [1.54, 1.807) is 6.20 Å². The van der Waals surface area contributed by atoms with Crippen molar-refractivity contribution in [1.29, 1.82) is 0 Å². The number of hydrogen-bond donors (Lipinski definition) is 2. The molecule has 1 aromatic carbocycles. The molecule has 2 aromatic rings. The molecule has 14 heavy (non-hydrogen) atoms. The molecule has 1 aromatic heterocycles. The fourth-order valence-corrected chi connectivity index (χ4v) is 1.26. The lowest BCUT2D eigenvalue weighted by Gasteiger charge is -2.02. The van der Waals surface area contributed by atoms with Crippen molar-refractivity contribution >= 4 is 22.5 Å². The highest BCUT2D eigenvalue weighted by molar-refractivity contribution is 6.04. The van der Waals surface area contributed by atoms with Gasteiger partial charge in [0.2, 0.25) is 5.91 Å². The van der Waals surface area contributed by atoms with Crippen LogP contribution >= 0.6 is 0 Å². The molecule has 0 spiro atoms. The lowest BCUT2D eigenvalue weighted by molar-refractivity contribution is -0.111. The third-order valence-corrected chi connectivity index (χ3v) is 1.92. The molecule has 2 N–H and O–H groups in total. The van der Waals surface area contributed by atoms with Crippen LogP contribution in [0.5, 0.6) is 0 Å². The van der Waals surface area contributed by atoms with Crippen LogP contribution in [-0.4, -0.2) is 16.1 Å². The molecule has 0 aliphatic carbocycles. The minimum absolute atomic E-state index is 0.230. The first-order chi connectivity index (χ1) is 6.81. The number of para-hydroxylation sites is 1. The second-order valence-corrected chi connectivity index (χ2v) is 2.83. The fourth-order valence-electron chi connectivity index (χ4n) is 1.26. The number of anilines is 1. The second-order valence-electron chi connectivity index (χ2n) is 2.83. The summed E-state index contributed by atoms with van der Waals surface area (Å²) in [4.78, 5) is 11.1. The number of fused-ring (bicyclic) bond motifs is 1. The number of nitrogens with zero attached hydrogens (tertiary/aromatic N) is 1. The Hall–Kier alpha value is -2.10. The zero-order chi connectivity index (χ0) is 9.97. The highest BCUT2D eigenvalue weighted by Crippen LogP contribution is 2.20. The molecule has 0 unspecified atom stereocenters. The number of aromatic nitrogens is 2. The molecule has 4 heteroatoms. The van der Waals surface area contributed by atoms with Crippen molar-refractivity contribution in [1.82, 2.24) is 10.2 Å². The molecule has 0 bridgehead atoms. The summed E-state index contributed by atoms with van der Waals surface area (Å²) < 4.78 is 0. The Kier molecular flexibility index (Phi) is 2.02. The van der Waals surface area contributed by atoms with Crippen LogP contribution in [-0.2, 0) is 4.79 Å². The number of H-pyrrole nitrogens is 1. The molecule has 0 aliphatic heterocycles. The van der Waals surface area contributed by atoms with Crippen LogP contribution < -0.4 is 5.32 Å². The van der Waals surface area contributed by atoms with Gasteiger partial charge < -0.3 is 5.32 Å². The number of hydrogen-bond acceptors (Lipinski definition) is 2. The first kappa shape index (κ1) is 8.50. The van der Waals surface area contributed by atoms with E-state index in [0.717, 1.165) is 10.9 Å². The van der Waals surface area contributed by atoms with Crippen LogP contribution in [0.2, 0.25) is 0 Å². The van der Waals surface area contributed by atoms with Gasteiger partial charge in [0.15, 0.2) is 0 Å². The smallest absolute Gasteiger partial charge is 0.247 e. The van der Waals surface area contributed by atoms with E-state index in [-0.39, 0.29) is 5.91 Å². The Morgan fingerprint density at radius 1 is 1.57 bits per heavy atom. The van der Waals surface area contributed by atoms with Crippen LogP contribution in [0.4, 0.5) is 5.69 Å². The number of aromatic amines is 1. The topological polar surface area (TPSA) is 57.8 Å². The van der Waals surface area contributed by atoms with Gasteiger partial charge in [-0.05, 0) is 12.1 Å². The van der Waals surface area contributed by atoms with Crippen LogP contribution in [0.25, 0.3) is 10.9 Å². The Morgan fingerprint density at radius 3 is 3.21 bits per heavy atom. The van der Waals surface area contributed by atoms with Gasteiger partial charge >= 0.3 is 0 Å². The summed E-state index contributed by atoms with van der Waals surface area (Å²) in [6.45, 7) is 3.39. The van der Waals surface area contributed by atoms with Crippen molar-refractivity contribution in [2.75, 3.05) is 5.32 Å². The number of nitrogens with one attached hydrogen (secondary N) is 2. The second kappa shape index (κ2) is 3.33. The van der Waals surface area contributed by atoms with Gasteiger partial charge in [0.1, 0.15) is 0 Å². The maximum Gasteiger partial charge on any atom is 0.247 e. The Bertz CT molecular complexity index is 487. The molecule has 0 fully saturated rings. The van der Waals surface area contributed by atoms with Gasteiger partial charge in [-0.15, -0.1) is 0 Å². The molecule has 4 nitrogen and oxygen atoms in total. The summed E-state index contributed by atoms with van der Waals surface area (Å²) in [5, 5.41) is 10.4. The number of amides is 1. The van der Waals surface area contributed by atoms with Crippen molar-refractivity contribution in [2.24, 2.45) is 0 Å². The number of carbonyl (C=O) groups is 1. The van der Waals surface area contributed by atoms with Crippen molar-refractivity contribution in [3.05, 3.63) is 37.1 Å². The summed E-state index contributed by atoms with van der Waals surface area (Å²) in [6, 6.07) is 5.58. The Balaban J connectivity index is 2.46. The quantitative estimate of drug-likeness (QED) is 0.703. The first-order valence-electron chi connectivity index (χ1n) is 4.17. The minimum Gasteiger partial charge on any atom is -0.321 e. The highest BCUT2D eigenvalue weighted by Gasteiger charge is 2.03. The van der Waals surface area contributed by atoms with E-state index < -0.39 is 0 Å². The Morgan fingerprint density at radius 2 is 2.43 bits per heavy atom. The van der Waals surface area contributed by atoms with E-state index in [1.165, 1.54) is 6.08 Å². The van der Waals surface area contributed by atoms with Crippen LogP contribution in [0, 0.1) is 0 Å². The van der Waals surface area contributed by atoms with E-state index in [2.05, 4.69) is 22.1 Å². The monoisotopic (exact) mass is 187 g/mol. The van der Waals surface area contributed by atoms with Crippen molar-refractivity contribution in [3.8, 4) is 0 Å². The lowest BCUT2D eigenvalue weighted by Crippen LogP contribution is -2.07. The average Bonchev–Trinajstić information content (AvgIpc) is 2.66. The van der Waals surface area contributed by atoms with Gasteiger partial charge in [-0.3, -0.25) is 9.89 Å². The highest BCUT2D eigenvalue weighted by atomic mass is 16.1. The average molecular weight is 187 g/mol. The number of benzene rings is 1. The van der Waals surface area contributed by atoms with Gasteiger partial charge in [0.05, 0.1) is 17.4 Å². The van der Waals surface area contributed by atoms with E-state index >= 15 is 0 Å². The first-order valence-corrected chi connectivity index (χ1v) is 4.17. The molecule has 0 atom stereocenters. The molecule has 0 radical (unpaired) electrons. The molecular formula is C10H9N3O. The molecule has 2 rings (SSSR count). The molecule has 0 saturated carbocycles. The molecule has 0 saturated heterocycles. The number of carbonyl (C=O) groups excluding carboxylic acids is 1. The third kappa shape index (κ3) is 1.37. The van der Waals surface area contributed by atoms with E-state index in [1.807, 2.05) is 18.2 Å². The van der Waals surface area contributed by atoms with E-state index in [0.29, 0.717) is 5.69 Å². The van der Waals surface area contributed by atoms with Crippen LogP contribution in [0.15, 0.2) is 37.1 Å². The fraction of sp³-hybridized carbons (Fsp3) is 0. The SMILES string of the molecule is C=CC(=O)Nc1cccc2cn[nH]c12. The van der Waals surface area contributed by atoms with Gasteiger partial charge in [0, 0.05) is 5.39 Å². The van der Waals surface area contributed by atoms with E-state index in [4.69, 9.17) is 0 Å². The summed E-state index contributed by atoms with van der Waals surface area (Å²) in [6.07, 6.45) is 2.94. The van der Waals surface area contributed by atoms with E-state index in [9.17, 15) is 4.79 Å². The predicted octanol–water partition coefficient (Wildman–Crippen LogP) is 1.69. The zero-order valence-corrected chi connectivity index (χ0v) is 7.45. The maximum atomic E-state index is 11.1. The standard InChI is InChI=1S/C10H9N3O/c1-2-9(14)12-8-5-3-4-7-6-11-13-10(7)8/h2-6H,1H2,(H,11,13)(H,12,14). The van der Waals surface area contributed by atoms with Crippen LogP contribution in [0.1, 0.15) is 0 Å². The van der Waals surface area contributed by atoms with Gasteiger partial charge in [0.25, 0.3) is 0 Å². The summed E-state index contributed by atoms with van der Waals surface area (Å²) in [7, 11) is 0. The largest absolute Gasteiger partial charge is 0.321 e. The summed E-state index contributed by atoms with van der Waals surface area (Å²) in [5.74, 6) is -0.230. The lowest BCUT2D eigenvalue weighted by atomic mass is 10.2. The summed E-state index contributed by atoms with van der Waals surface area (Å²) >= 11 is 0. The van der Waals surface area contributed by atoms with Gasteiger partial charge in [-0.1, -0.05) is 18.7 Å². The molecular weight excluding hydrogens is 178 g/mol. The minimum atomic E-state index is -0.230. The maximum absolute atomic E-state index is 11.1. The van der Waals surface area contributed by atoms with Gasteiger partial charge in [-0.2, -0.15) is 5.10 Å². The van der Waals surface area contributed by atoms with Gasteiger partial charge in [-0.25, -0.2) is 0 Å². The zero-order valence-electron chi connectivity index (χ0n) is 7.45. The number of rotatable bonds is 2. The molecule has 0 aliphatic rings. The van der Waals surface area contributed by atoms with Crippen LogP contribution in [0.3, 0.4) is 0 Å². The summed E-state index contributed by atoms with van der Waals surface area (Å²) in [5.41, 5.74) is 1.53. The van der Waals surface area contributed by atoms with Crippen molar-refractivity contribution < 1.29 is 4.79 Å². The molecule has 1 amide bonds. The Labute approximate surface area is 80.6 Å². The van der Waals surface area contributed by atoms with Crippen molar-refractivity contribution in [3.63, 3.8) is 0 Å². The third-order valence-electron chi connectivity index (χ3n) is 1.92. The van der Waals surface area contributed by atoms with Crippen molar-refractivity contribution in [2.45, 2.75) is 0 Å². The predicted molar refractivity (Wildman–Crippen MR) is 54.9 cm³/mol.